The molecule has 0 amide bonds. The zero-order valence-corrected chi connectivity index (χ0v) is 9.06. The Morgan fingerprint density at radius 3 is 2.38 bits per heavy atom. The first kappa shape index (κ1) is 10.4. The van der Waals surface area contributed by atoms with E-state index in [1.165, 1.54) is 30.5 Å². The van der Waals surface area contributed by atoms with E-state index in [4.69, 9.17) is 0 Å². The minimum absolute atomic E-state index is 0.582. The van der Waals surface area contributed by atoms with Crippen LogP contribution in [0.25, 0.3) is 0 Å². The minimum Gasteiger partial charge on any atom is -0.385 e. The molecule has 0 spiro atoms. The van der Waals surface area contributed by atoms with Gasteiger partial charge < -0.3 is 5.32 Å². The maximum absolute atomic E-state index is 3.82. The third-order valence-electron chi connectivity index (χ3n) is 2.77. The highest BCUT2D eigenvalue weighted by molar-refractivity contribution is 5.22. The average molecular weight is 179 g/mol. The lowest BCUT2D eigenvalue weighted by atomic mass is 9.91. The number of nitrogens with one attached hydrogen (secondary N) is 1. The van der Waals surface area contributed by atoms with Gasteiger partial charge in [-0.05, 0) is 37.7 Å². The molecule has 0 unspecified atom stereocenters. The highest BCUT2D eigenvalue weighted by Crippen LogP contribution is 2.22. The van der Waals surface area contributed by atoms with Gasteiger partial charge in [-0.3, -0.25) is 0 Å². The van der Waals surface area contributed by atoms with Gasteiger partial charge >= 0.3 is 0 Å². The first-order chi connectivity index (χ1) is 6.15. The van der Waals surface area contributed by atoms with Crippen molar-refractivity contribution in [2.24, 2.45) is 5.92 Å². The van der Waals surface area contributed by atoms with Crippen LogP contribution in [-0.2, 0) is 0 Å². The lowest BCUT2D eigenvalue weighted by Gasteiger charge is -2.31. The van der Waals surface area contributed by atoms with Crippen molar-refractivity contribution in [3.63, 3.8) is 0 Å². The van der Waals surface area contributed by atoms with Crippen molar-refractivity contribution in [1.82, 2.24) is 5.32 Å². The van der Waals surface area contributed by atoms with E-state index in [2.05, 4.69) is 32.7 Å². The van der Waals surface area contributed by atoms with Crippen molar-refractivity contribution in [2.45, 2.75) is 46.1 Å². The summed E-state index contributed by atoms with van der Waals surface area (Å²) in [6.07, 6.45) is 6.00. The largest absolute Gasteiger partial charge is 0.385 e. The fraction of sp³-hybridized carbons (Fsp3) is 0.667. The van der Waals surface area contributed by atoms with E-state index in [-0.39, 0.29) is 0 Å². The van der Waals surface area contributed by atoms with E-state index >= 15 is 0 Å². The van der Waals surface area contributed by atoms with Crippen molar-refractivity contribution in [2.75, 3.05) is 0 Å². The monoisotopic (exact) mass is 179 g/mol. The third-order valence-corrected chi connectivity index (χ3v) is 2.77. The van der Waals surface area contributed by atoms with Crippen LogP contribution in [0.2, 0.25) is 0 Å². The molecule has 13 heavy (non-hydrogen) atoms. The van der Waals surface area contributed by atoms with E-state index in [0.717, 1.165) is 6.04 Å². The van der Waals surface area contributed by atoms with Gasteiger partial charge in [0.1, 0.15) is 0 Å². The molecule has 0 bridgehead atoms. The Labute approximate surface area is 81.9 Å². The molecule has 1 N–H and O–H groups in total. The van der Waals surface area contributed by atoms with Gasteiger partial charge in [0.05, 0.1) is 0 Å². The number of hydrogen-bond acceptors (Lipinski definition) is 1. The maximum atomic E-state index is 3.82. The Kier molecular flexibility index (Phi) is 3.58. The summed E-state index contributed by atoms with van der Waals surface area (Å²) < 4.78 is 0. The molecular weight excluding hydrogens is 158 g/mol. The summed E-state index contributed by atoms with van der Waals surface area (Å²) in [5.74, 6) is 0.582. The second kappa shape index (κ2) is 4.50. The Bertz CT molecular complexity index is 209. The highest BCUT2D eigenvalue weighted by Gasteiger charge is 2.19. The van der Waals surface area contributed by atoms with Gasteiger partial charge in [-0.1, -0.05) is 26.5 Å². The molecule has 1 fully saturated rings. The lowest BCUT2D eigenvalue weighted by molar-refractivity contribution is 0.352. The van der Waals surface area contributed by atoms with Crippen molar-refractivity contribution >= 4 is 0 Å². The Balaban J connectivity index is 2.61. The summed E-state index contributed by atoms with van der Waals surface area (Å²) >= 11 is 0. The predicted molar refractivity (Wildman–Crippen MR) is 58.5 cm³/mol. The van der Waals surface area contributed by atoms with Crippen LogP contribution in [0.3, 0.4) is 0 Å². The quantitative estimate of drug-likeness (QED) is 0.653. The molecule has 0 saturated heterocycles. The second-order valence-corrected chi connectivity index (χ2v) is 4.23. The van der Waals surface area contributed by atoms with Crippen LogP contribution in [0.1, 0.15) is 40.0 Å². The molecule has 1 aliphatic rings. The Morgan fingerprint density at radius 1 is 1.46 bits per heavy atom. The first-order valence-electron chi connectivity index (χ1n) is 5.25. The predicted octanol–water partition coefficient (Wildman–Crippen LogP) is 3.24. The minimum atomic E-state index is 0.582. The van der Waals surface area contributed by atoms with Crippen LogP contribution in [0.5, 0.6) is 0 Å². The molecule has 1 aliphatic carbocycles. The Hall–Kier alpha value is -0.720. The molecule has 0 aromatic heterocycles. The van der Waals surface area contributed by atoms with E-state index in [1.807, 2.05) is 6.08 Å². The van der Waals surface area contributed by atoms with Gasteiger partial charge in [0.15, 0.2) is 0 Å². The van der Waals surface area contributed by atoms with Gasteiger partial charge in [0.25, 0.3) is 0 Å². The topological polar surface area (TPSA) is 12.0 Å². The van der Waals surface area contributed by atoms with E-state index < -0.39 is 0 Å². The van der Waals surface area contributed by atoms with Gasteiger partial charge in [-0.2, -0.15) is 0 Å². The second-order valence-electron chi connectivity index (χ2n) is 4.23. The number of hydrogen-bond donors (Lipinski definition) is 1. The molecule has 0 aliphatic heterocycles. The van der Waals surface area contributed by atoms with Crippen molar-refractivity contribution in [3.8, 4) is 0 Å². The molecule has 1 nitrogen and oxygen atoms in total. The zero-order chi connectivity index (χ0) is 9.84. The summed E-state index contributed by atoms with van der Waals surface area (Å²) in [6.45, 7) is 10.4. The average Bonchev–Trinajstić information content (AvgIpc) is 2.00. The van der Waals surface area contributed by atoms with E-state index in [9.17, 15) is 0 Å². The van der Waals surface area contributed by atoms with Crippen LogP contribution >= 0.6 is 0 Å². The zero-order valence-electron chi connectivity index (χ0n) is 9.06. The molecule has 1 heteroatoms. The molecule has 0 aromatic rings. The molecule has 0 atom stereocenters. The molecule has 0 aromatic carbocycles. The lowest BCUT2D eigenvalue weighted by Crippen LogP contribution is -2.36. The molecule has 0 radical (unpaired) electrons. The number of allylic oxidation sites excluding steroid dienone is 3. The molecule has 74 valence electrons. The van der Waals surface area contributed by atoms with Crippen molar-refractivity contribution in [1.29, 1.82) is 0 Å². The van der Waals surface area contributed by atoms with Gasteiger partial charge in [0.2, 0.25) is 0 Å². The molecular formula is C12H21N. The standard InChI is InChI=1S/C12H21N/c1-5-10(4)12(9(2)3)13-11-7-6-8-11/h5,9,11,13H,1,6-8H2,2-4H3/b12-10-. The molecule has 1 rings (SSSR count). The smallest absolute Gasteiger partial charge is 0.0258 e. The normalized spacial score (nSPS) is 19.4. The van der Waals surface area contributed by atoms with Crippen molar-refractivity contribution in [3.05, 3.63) is 23.9 Å². The van der Waals surface area contributed by atoms with Crippen LogP contribution in [0.15, 0.2) is 23.9 Å². The number of rotatable bonds is 4. The van der Waals surface area contributed by atoms with Crippen LogP contribution in [0.4, 0.5) is 0 Å². The maximum Gasteiger partial charge on any atom is 0.0258 e. The fourth-order valence-electron chi connectivity index (χ4n) is 1.62. The van der Waals surface area contributed by atoms with E-state index in [1.54, 1.807) is 0 Å². The van der Waals surface area contributed by atoms with Crippen molar-refractivity contribution < 1.29 is 0 Å². The van der Waals surface area contributed by atoms with Gasteiger partial charge in [-0.25, -0.2) is 0 Å². The summed E-state index contributed by atoms with van der Waals surface area (Å²) in [5, 5.41) is 3.61. The highest BCUT2D eigenvalue weighted by atomic mass is 14.9. The van der Waals surface area contributed by atoms with E-state index in [0.29, 0.717) is 5.92 Å². The van der Waals surface area contributed by atoms with Gasteiger partial charge in [0, 0.05) is 11.7 Å². The summed E-state index contributed by atoms with van der Waals surface area (Å²) in [6, 6.07) is 0.729. The SMILES string of the molecule is C=C/C(C)=C(\NC1CCC1)C(C)C. The summed E-state index contributed by atoms with van der Waals surface area (Å²) in [4.78, 5) is 0. The molecule has 0 heterocycles. The first-order valence-corrected chi connectivity index (χ1v) is 5.25. The summed E-state index contributed by atoms with van der Waals surface area (Å²) in [7, 11) is 0. The van der Waals surface area contributed by atoms with Crippen LogP contribution in [0, 0.1) is 5.92 Å². The molecule has 1 saturated carbocycles. The van der Waals surface area contributed by atoms with Crippen LogP contribution < -0.4 is 5.32 Å². The summed E-state index contributed by atoms with van der Waals surface area (Å²) in [5.41, 5.74) is 2.67. The van der Waals surface area contributed by atoms with Crippen LogP contribution in [-0.4, -0.2) is 6.04 Å². The fourth-order valence-corrected chi connectivity index (χ4v) is 1.62. The Morgan fingerprint density at radius 2 is 2.08 bits per heavy atom. The third kappa shape index (κ3) is 2.61. The van der Waals surface area contributed by atoms with Gasteiger partial charge in [-0.15, -0.1) is 0 Å².